The van der Waals surface area contributed by atoms with E-state index in [9.17, 15) is 18.0 Å². The SMILES string of the molecule is O=C(CCNC(=O)[C@@H]1CCCN(S(=O)(=O)c2ccccc2)C1)NCc1ccccn1. The Morgan fingerprint density at radius 2 is 1.83 bits per heavy atom. The van der Waals surface area contributed by atoms with E-state index in [0.29, 0.717) is 25.9 Å². The van der Waals surface area contributed by atoms with E-state index >= 15 is 0 Å². The fourth-order valence-corrected chi connectivity index (χ4v) is 4.88. The van der Waals surface area contributed by atoms with Gasteiger partial charge in [0.2, 0.25) is 21.8 Å². The van der Waals surface area contributed by atoms with Crippen molar-refractivity contribution in [2.75, 3.05) is 19.6 Å². The largest absolute Gasteiger partial charge is 0.355 e. The fourth-order valence-electron chi connectivity index (χ4n) is 3.34. The highest BCUT2D eigenvalue weighted by Crippen LogP contribution is 2.23. The summed E-state index contributed by atoms with van der Waals surface area (Å²) in [6, 6.07) is 13.7. The van der Waals surface area contributed by atoms with Gasteiger partial charge in [-0.25, -0.2) is 8.42 Å². The molecule has 0 aliphatic carbocycles. The van der Waals surface area contributed by atoms with Gasteiger partial charge in [-0.3, -0.25) is 14.6 Å². The highest BCUT2D eigenvalue weighted by atomic mass is 32.2. The molecule has 1 aliphatic heterocycles. The van der Waals surface area contributed by atoms with Crippen LogP contribution in [0.15, 0.2) is 59.6 Å². The molecule has 3 rings (SSSR count). The third-order valence-electron chi connectivity index (χ3n) is 4.98. The molecule has 0 spiro atoms. The molecule has 1 aliphatic rings. The van der Waals surface area contributed by atoms with Crippen molar-refractivity contribution in [1.29, 1.82) is 0 Å². The molecule has 1 saturated heterocycles. The number of piperidine rings is 1. The van der Waals surface area contributed by atoms with E-state index in [0.717, 1.165) is 5.69 Å². The first-order chi connectivity index (χ1) is 14.5. The van der Waals surface area contributed by atoms with Gasteiger partial charge in [-0.1, -0.05) is 24.3 Å². The van der Waals surface area contributed by atoms with Crippen molar-refractivity contribution in [3.05, 3.63) is 60.4 Å². The van der Waals surface area contributed by atoms with Crippen LogP contribution in [0.25, 0.3) is 0 Å². The van der Waals surface area contributed by atoms with Crippen molar-refractivity contribution in [2.45, 2.75) is 30.7 Å². The van der Waals surface area contributed by atoms with Crippen molar-refractivity contribution in [2.24, 2.45) is 5.92 Å². The first-order valence-electron chi connectivity index (χ1n) is 9.96. The van der Waals surface area contributed by atoms with E-state index in [2.05, 4.69) is 15.6 Å². The van der Waals surface area contributed by atoms with E-state index in [-0.39, 0.29) is 36.2 Å². The Bertz CT molecular complexity index is 951. The van der Waals surface area contributed by atoms with Gasteiger partial charge in [0.05, 0.1) is 23.1 Å². The molecule has 9 heteroatoms. The van der Waals surface area contributed by atoms with Crippen LogP contribution in [-0.2, 0) is 26.2 Å². The van der Waals surface area contributed by atoms with E-state index in [1.54, 1.807) is 42.6 Å². The highest BCUT2D eigenvalue weighted by Gasteiger charge is 2.33. The Balaban J connectivity index is 1.44. The predicted molar refractivity (Wildman–Crippen MR) is 112 cm³/mol. The molecule has 1 fully saturated rings. The molecule has 0 unspecified atom stereocenters. The minimum absolute atomic E-state index is 0.148. The van der Waals surface area contributed by atoms with Gasteiger partial charge in [0.25, 0.3) is 0 Å². The molecule has 1 atom stereocenters. The number of carbonyl (C=O) groups excluding carboxylic acids is 2. The van der Waals surface area contributed by atoms with Crippen LogP contribution in [0.1, 0.15) is 25.0 Å². The van der Waals surface area contributed by atoms with Gasteiger partial charge in [0.15, 0.2) is 0 Å². The number of hydrogen-bond acceptors (Lipinski definition) is 5. The molecule has 0 bridgehead atoms. The number of aromatic nitrogens is 1. The number of carbonyl (C=O) groups is 2. The van der Waals surface area contributed by atoms with Gasteiger partial charge in [-0.2, -0.15) is 4.31 Å². The van der Waals surface area contributed by atoms with Crippen LogP contribution in [-0.4, -0.2) is 49.2 Å². The quantitative estimate of drug-likeness (QED) is 0.656. The standard InChI is InChI=1S/C21H26N4O4S/c26-20(24-15-18-8-4-5-12-22-18)11-13-23-21(27)17-7-6-14-25(16-17)30(28,29)19-9-2-1-3-10-19/h1-5,8-10,12,17H,6-7,11,13-16H2,(H,23,27)(H,24,26)/t17-/m1/s1. The van der Waals surface area contributed by atoms with Crippen molar-refractivity contribution in [3.63, 3.8) is 0 Å². The predicted octanol–water partition coefficient (Wildman–Crippen LogP) is 1.30. The Kier molecular flexibility index (Phi) is 7.53. The molecule has 30 heavy (non-hydrogen) atoms. The molecular formula is C21H26N4O4S. The van der Waals surface area contributed by atoms with Crippen LogP contribution in [0.4, 0.5) is 0 Å². The normalized spacial score (nSPS) is 17.3. The third kappa shape index (κ3) is 5.87. The second kappa shape index (κ2) is 10.3. The highest BCUT2D eigenvalue weighted by molar-refractivity contribution is 7.89. The van der Waals surface area contributed by atoms with Gasteiger partial charge in [0.1, 0.15) is 0 Å². The van der Waals surface area contributed by atoms with Crippen LogP contribution in [0.5, 0.6) is 0 Å². The minimum Gasteiger partial charge on any atom is -0.355 e. The van der Waals surface area contributed by atoms with Crippen molar-refractivity contribution in [3.8, 4) is 0 Å². The van der Waals surface area contributed by atoms with E-state index in [1.807, 2.05) is 12.1 Å². The Morgan fingerprint density at radius 1 is 1.07 bits per heavy atom. The fraction of sp³-hybridized carbons (Fsp3) is 0.381. The van der Waals surface area contributed by atoms with E-state index in [1.165, 1.54) is 4.31 Å². The van der Waals surface area contributed by atoms with Gasteiger partial charge in [-0.05, 0) is 37.1 Å². The summed E-state index contributed by atoms with van der Waals surface area (Å²) in [5.41, 5.74) is 0.761. The molecular weight excluding hydrogens is 404 g/mol. The number of nitrogens with zero attached hydrogens (tertiary/aromatic N) is 2. The maximum absolute atomic E-state index is 12.8. The topological polar surface area (TPSA) is 108 Å². The number of hydrogen-bond donors (Lipinski definition) is 2. The summed E-state index contributed by atoms with van der Waals surface area (Å²) in [7, 11) is -3.61. The molecule has 160 valence electrons. The van der Waals surface area contributed by atoms with Crippen molar-refractivity contribution < 1.29 is 18.0 Å². The Hall–Kier alpha value is -2.78. The molecule has 1 aromatic carbocycles. The summed E-state index contributed by atoms with van der Waals surface area (Å²) in [6.45, 7) is 1.09. The van der Waals surface area contributed by atoms with E-state index < -0.39 is 15.9 Å². The first kappa shape index (κ1) is 21.9. The second-order valence-corrected chi connectivity index (χ2v) is 9.09. The van der Waals surface area contributed by atoms with Gasteiger partial charge in [-0.15, -0.1) is 0 Å². The summed E-state index contributed by atoms with van der Waals surface area (Å²) < 4.78 is 26.9. The zero-order valence-corrected chi connectivity index (χ0v) is 17.5. The average molecular weight is 431 g/mol. The molecule has 1 aromatic heterocycles. The van der Waals surface area contributed by atoms with Gasteiger partial charge >= 0.3 is 0 Å². The number of pyridine rings is 1. The zero-order valence-electron chi connectivity index (χ0n) is 16.7. The van der Waals surface area contributed by atoms with Crippen LogP contribution in [0.3, 0.4) is 0 Å². The molecule has 2 aromatic rings. The molecule has 8 nitrogen and oxygen atoms in total. The summed E-state index contributed by atoms with van der Waals surface area (Å²) in [4.78, 5) is 28.8. The lowest BCUT2D eigenvalue weighted by molar-refractivity contribution is -0.126. The summed E-state index contributed by atoms with van der Waals surface area (Å²) >= 11 is 0. The van der Waals surface area contributed by atoms with Crippen LogP contribution < -0.4 is 10.6 Å². The molecule has 2 amide bonds. The van der Waals surface area contributed by atoms with Crippen LogP contribution in [0.2, 0.25) is 0 Å². The number of amides is 2. The Morgan fingerprint density at radius 3 is 2.57 bits per heavy atom. The maximum Gasteiger partial charge on any atom is 0.243 e. The van der Waals surface area contributed by atoms with Crippen LogP contribution >= 0.6 is 0 Å². The third-order valence-corrected chi connectivity index (χ3v) is 6.86. The molecule has 0 radical (unpaired) electrons. The average Bonchev–Trinajstić information content (AvgIpc) is 2.79. The smallest absolute Gasteiger partial charge is 0.243 e. The summed E-state index contributed by atoms with van der Waals surface area (Å²) in [5, 5.41) is 5.51. The molecule has 0 saturated carbocycles. The lowest BCUT2D eigenvalue weighted by Crippen LogP contribution is -2.45. The summed E-state index contributed by atoms with van der Waals surface area (Å²) in [6.07, 6.45) is 3.05. The lowest BCUT2D eigenvalue weighted by Gasteiger charge is -2.31. The maximum atomic E-state index is 12.8. The van der Waals surface area contributed by atoms with Crippen LogP contribution in [0, 0.1) is 5.92 Å². The zero-order chi connectivity index (χ0) is 21.4. The summed E-state index contributed by atoms with van der Waals surface area (Å²) in [5.74, 6) is -0.827. The van der Waals surface area contributed by atoms with E-state index in [4.69, 9.17) is 0 Å². The monoisotopic (exact) mass is 430 g/mol. The molecule has 2 heterocycles. The van der Waals surface area contributed by atoms with Crippen molar-refractivity contribution in [1.82, 2.24) is 19.9 Å². The number of nitrogens with one attached hydrogen (secondary N) is 2. The van der Waals surface area contributed by atoms with Gasteiger partial charge < -0.3 is 10.6 Å². The molecule has 2 N–H and O–H groups in total. The Labute approximate surface area is 176 Å². The minimum atomic E-state index is -3.61. The first-order valence-corrected chi connectivity index (χ1v) is 11.4. The lowest BCUT2D eigenvalue weighted by atomic mass is 9.99. The number of benzene rings is 1. The number of sulfonamides is 1. The van der Waals surface area contributed by atoms with Gasteiger partial charge in [0, 0.05) is 32.3 Å². The number of rotatable bonds is 8. The second-order valence-electron chi connectivity index (χ2n) is 7.15. The van der Waals surface area contributed by atoms with Crippen molar-refractivity contribution >= 4 is 21.8 Å².